The summed E-state index contributed by atoms with van der Waals surface area (Å²) < 4.78 is 0. The van der Waals surface area contributed by atoms with Crippen LogP contribution in [0.2, 0.25) is 0 Å². The van der Waals surface area contributed by atoms with Crippen molar-refractivity contribution >= 4 is 35.6 Å². The number of hydrogen-bond acceptors (Lipinski definition) is 8. The second-order valence-electron chi connectivity index (χ2n) is 6.54. The van der Waals surface area contributed by atoms with Crippen molar-refractivity contribution in [1.29, 1.82) is 0 Å². The molecule has 3 fully saturated rings. The first-order valence-electron chi connectivity index (χ1n) is 8.52. The van der Waals surface area contributed by atoms with E-state index in [0.717, 1.165) is 0 Å². The van der Waals surface area contributed by atoms with Crippen molar-refractivity contribution in [3.05, 3.63) is 0 Å². The molecule has 140 valence electrons. The quantitative estimate of drug-likeness (QED) is 0.637. The lowest BCUT2D eigenvalue weighted by Gasteiger charge is -2.27. The monoisotopic (exact) mass is 366 g/mol. The molecule has 0 bridgehead atoms. The summed E-state index contributed by atoms with van der Waals surface area (Å²) in [7, 11) is 0. The molecular formula is C16H18N2O8. The minimum Gasteiger partial charge on any atom is -0.330 e. The van der Waals surface area contributed by atoms with Crippen LogP contribution < -0.4 is 0 Å². The van der Waals surface area contributed by atoms with Gasteiger partial charge in [0.15, 0.2) is 0 Å². The van der Waals surface area contributed by atoms with Crippen molar-refractivity contribution < 1.29 is 38.4 Å². The SMILES string of the molecule is O=C(ON1C(=O)CCC1=O)[C@H]1CCC[C@H](C(=O)ON2C(=O)CCC2=O)C1. The fraction of sp³-hybridized carbons (Fsp3) is 0.625. The molecular weight excluding hydrogens is 348 g/mol. The molecule has 4 amide bonds. The molecule has 0 unspecified atom stereocenters. The van der Waals surface area contributed by atoms with E-state index in [1.54, 1.807) is 0 Å². The molecule has 1 aliphatic carbocycles. The number of nitrogens with zero attached hydrogens (tertiary/aromatic N) is 2. The van der Waals surface area contributed by atoms with Gasteiger partial charge >= 0.3 is 11.9 Å². The Labute approximate surface area is 148 Å². The van der Waals surface area contributed by atoms with Crippen molar-refractivity contribution in [3.8, 4) is 0 Å². The third kappa shape index (κ3) is 3.58. The smallest absolute Gasteiger partial charge is 0.330 e. The molecule has 0 radical (unpaired) electrons. The Morgan fingerprint density at radius 3 is 1.38 bits per heavy atom. The Hall–Kier alpha value is -2.78. The molecule has 10 heteroatoms. The maximum atomic E-state index is 12.2. The molecule has 26 heavy (non-hydrogen) atoms. The minimum atomic E-state index is -0.751. The molecule has 1 saturated carbocycles. The van der Waals surface area contributed by atoms with E-state index >= 15 is 0 Å². The van der Waals surface area contributed by atoms with Crippen LogP contribution in [-0.4, -0.2) is 45.7 Å². The summed E-state index contributed by atoms with van der Waals surface area (Å²) in [5.74, 6) is -5.12. The zero-order chi connectivity index (χ0) is 18.8. The van der Waals surface area contributed by atoms with Gasteiger partial charge in [-0.15, -0.1) is 10.1 Å². The van der Waals surface area contributed by atoms with Gasteiger partial charge < -0.3 is 9.68 Å². The predicted molar refractivity (Wildman–Crippen MR) is 79.8 cm³/mol. The highest BCUT2D eigenvalue weighted by atomic mass is 16.7. The Balaban J connectivity index is 1.56. The van der Waals surface area contributed by atoms with Crippen molar-refractivity contribution in [2.24, 2.45) is 11.8 Å². The summed E-state index contributed by atoms with van der Waals surface area (Å²) in [5.41, 5.74) is 0. The molecule has 0 aromatic heterocycles. The fourth-order valence-electron chi connectivity index (χ4n) is 3.26. The van der Waals surface area contributed by atoms with E-state index < -0.39 is 47.4 Å². The Morgan fingerprint density at radius 1 is 0.692 bits per heavy atom. The summed E-state index contributed by atoms with van der Waals surface area (Å²) in [5, 5.41) is 0.956. The van der Waals surface area contributed by atoms with Crippen LogP contribution in [0.3, 0.4) is 0 Å². The number of amides is 4. The van der Waals surface area contributed by atoms with Gasteiger partial charge in [-0.05, 0) is 19.3 Å². The molecule has 3 rings (SSSR count). The first-order chi connectivity index (χ1) is 12.4. The predicted octanol–water partition coefficient (Wildman–Crippen LogP) is 0.00720. The topological polar surface area (TPSA) is 127 Å². The van der Waals surface area contributed by atoms with Crippen molar-refractivity contribution in [2.75, 3.05) is 0 Å². The van der Waals surface area contributed by atoms with E-state index in [2.05, 4.69) is 0 Å². The van der Waals surface area contributed by atoms with Crippen LogP contribution in [0.4, 0.5) is 0 Å². The number of carbonyl (C=O) groups excluding carboxylic acids is 6. The molecule has 10 nitrogen and oxygen atoms in total. The molecule has 0 spiro atoms. The summed E-state index contributed by atoms with van der Waals surface area (Å²) in [6.45, 7) is 0. The molecule has 0 N–H and O–H groups in total. The lowest BCUT2D eigenvalue weighted by atomic mass is 9.81. The van der Waals surface area contributed by atoms with Gasteiger partial charge in [0.2, 0.25) is 0 Å². The number of hydroxylamine groups is 4. The highest BCUT2D eigenvalue weighted by molar-refractivity contribution is 6.02. The van der Waals surface area contributed by atoms with Crippen LogP contribution in [0.25, 0.3) is 0 Å². The first kappa shape index (κ1) is 18.0. The summed E-state index contributed by atoms with van der Waals surface area (Å²) in [6, 6.07) is 0. The van der Waals surface area contributed by atoms with E-state index in [1.165, 1.54) is 0 Å². The zero-order valence-corrected chi connectivity index (χ0v) is 14.0. The van der Waals surface area contributed by atoms with Crippen molar-refractivity contribution in [1.82, 2.24) is 10.1 Å². The van der Waals surface area contributed by atoms with E-state index in [9.17, 15) is 28.8 Å². The fourth-order valence-corrected chi connectivity index (χ4v) is 3.26. The van der Waals surface area contributed by atoms with Gasteiger partial charge in [-0.2, -0.15) is 0 Å². The second-order valence-corrected chi connectivity index (χ2v) is 6.54. The van der Waals surface area contributed by atoms with Gasteiger partial charge in [-0.3, -0.25) is 19.2 Å². The average Bonchev–Trinajstić information content (AvgIpc) is 3.11. The maximum Gasteiger partial charge on any atom is 0.336 e. The van der Waals surface area contributed by atoms with Gasteiger partial charge in [-0.1, -0.05) is 6.42 Å². The number of hydrogen-bond donors (Lipinski definition) is 0. The van der Waals surface area contributed by atoms with Crippen molar-refractivity contribution in [2.45, 2.75) is 51.4 Å². The van der Waals surface area contributed by atoms with Crippen LogP contribution in [0.5, 0.6) is 0 Å². The molecule has 0 aromatic carbocycles. The highest BCUT2D eigenvalue weighted by Crippen LogP contribution is 2.32. The standard InChI is InChI=1S/C16H18N2O8/c19-11-4-5-12(20)17(11)25-15(23)9-2-1-3-10(8-9)16(24)26-18-13(21)6-7-14(18)22/h9-10H,1-8H2/t9-,10-/m0/s1. The highest BCUT2D eigenvalue weighted by Gasteiger charge is 2.40. The molecule has 0 aromatic rings. The largest absolute Gasteiger partial charge is 0.336 e. The van der Waals surface area contributed by atoms with E-state index in [1.807, 2.05) is 0 Å². The third-order valence-electron chi connectivity index (χ3n) is 4.71. The lowest BCUT2D eigenvalue weighted by Crippen LogP contribution is -2.39. The molecule has 2 atom stereocenters. The Morgan fingerprint density at radius 2 is 1.04 bits per heavy atom. The normalized spacial score (nSPS) is 26.5. The molecule has 2 heterocycles. The Bertz CT molecular complexity index is 600. The molecule has 3 aliphatic rings. The third-order valence-corrected chi connectivity index (χ3v) is 4.71. The summed E-state index contributed by atoms with van der Waals surface area (Å²) in [6.07, 6.45) is 1.54. The zero-order valence-electron chi connectivity index (χ0n) is 14.0. The Kier molecular flexibility index (Phi) is 5.01. The maximum absolute atomic E-state index is 12.2. The van der Waals surface area contributed by atoms with Gasteiger partial charge in [-0.25, -0.2) is 9.59 Å². The average molecular weight is 366 g/mol. The number of imide groups is 2. The van der Waals surface area contributed by atoms with Crippen LogP contribution >= 0.6 is 0 Å². The summed E-state index contributed by atoms with van der Waals surface area (Å²) in [4.78, 5) is 80.3. The molecule has 2 aliphatic heterocycles. The lowest BCUT2D eigenvalue weighted by molar-refractivity contribution is -0.205. The number of rotatable bonds is 4. The number of carbonyl (C=O) groups is 6. The van der Waals surface area contributed by atoms with Gasteiger partial charge in [0.25, 0.3) is 23.6 Å². The minimum absolute atomic E-state index is 0.00359. The van der Waals surface area contributed by atoms with Crippen LogP contribution in [0.1, 0.15) is 51.4 Å². The van der Waals surface area contributed by atoms with Crippen molar-refractivity contribution in [3.63, 3.8) is 0 Å². The van der Waals surface area contributed by atoms with Crippen LogP contribution in [0.15, 0.2) is 0 Å². The van der Waals surface area contributed by atoms with E-state index in [0.29, 0.717) is 29.4 Å². The van der Waals surface area contributed by atoms with Gasteiger partial charge in [0.05, 0.1) is 11.8 Å². The second kappa shape index (κ2) is 7.22. The molecule has 2 saturated heterocycles. The van der Waals surface area contributed by atoms with Gasteiger partial charge in [0, 0.05) is 25.7 Å². The van der Waals surface area contributed by atoms with E-state index in [-0.39, 0.29) is 32.1 Å². The van der Waals surface area contributed by atoms with E-state index in [4.69, 9.17) is 9.68 Å². The first-order valence-corrected chi connectivity index (χ1v) is 8.52. The van der Waals surface area contributed by atoms with Crippen LogP contribution in [0, 0.1) is 11.8 Å². The summed E-state index contributed by atoms with van der Waals surface area (Å²) >= 11 is 0. The van der Waals surface area contributed by atoms with Gasteiger partial charge in [0.1, 0.15) is 0 Å². The van der Waals surface area contributed by atoms with Crippen LogP contribution in [-0.2, 0) is 38.4 Å².